The first kappa shape index (κ1) is 16.7. The lowest BCUT2D eigenvalue weighted by Crippen LogP contribution is -2.44. The molecular formula is C14H19F3N2O4. The van der Waals surface area contributed by atoms with Crippen molar-refractivity contribution < 1.29 is 32.5 Å². The molecule has 2 heterocycles. The zero-order chi connectivity index (χ0) is 16.7. The highest BCUT2D eigenvalue weighted by Gasteiger charge is 2.58. The van der Waals surface area contributed by atoms with Gasteiger partial charge < -0.3 is 19.3 Å². The molecule has 1 aliphatic heterocycles. The van der Waals surface area contributed by atoms with Crippen LogP contribution >= 0.6 is 0 Å². The molecule has 0 amide bonds. The number of ether oxygens (including phenoxy) is 3. The quantitative estimate of drug-likeness (QED) is 0.916. The van der Waals surface area contributed by atoms with Gasteiger partial charge in [0.25, 0.3) is 0 Å². The van der Waals surface area contributed by atoms with E-state index in [2.05, 4.69) is 5.10 Å². The first-order valence-corrected chi connectivity index (χ1v) is 7.47. The molecule has 23 heavy (non-hydrogen) atoms. The van der Waals surface area contributed by atoms with E-state index in [0.29, 0.717) is 25.7 Å². The van der Waals surface area contributed by atoms with Crippen molar-refractivity contribution >= 4 is 0 Å². The summed E-state index contributed by atoms with van der Waals surface area (Å²) in [5.74, 6) is -1.06. The summed E-state index contributed by atoms with van der Waals surface area (Å²) in [5, 5.41) is 13.7. The molecule has 2 fully saturated rings. The van der Waals surface area contributed by atoms with Crippen molar-refractivity contribution in [2.24, 2.45) is 0 Å². The number of halogens is 3. The van der Waals surface area contributed by atoms with Gasteiger partial charge in [0, 0.05) is 25.2 Å². The molecule has 0 radical (unpaired) electrons. The highest BCUT2D eigenvalue weighted by atomic mass is 19.4. The summed E-state index contributed by atoms with van der Waals surface area (Å²) < 4.78 is 55.7. The Morgan fingerprint density at radius 1 is 1.39 bits per heavy atom. The fraction of sp³-hybridized carbons (Fsp3) is 0.786. The van der Waals surface area contributed by atoms with E-state index in [-0.39, 0.29) is 0 Å². The molecule has 0 aromatic carbocycles. The molecule has 1 saturated carbocycles. The van der Waals surface area contributed by atoms with Crippen LogP contribution in [0.4, 0.5) is 13.2 Å². The molecule has 0 bridgehead atoms. The largest absolute Gasteiger partial charge is 0.411 e. The maximum absolute atomic E-state index is 12.5. The minimum absolute atomic E-state index is 0.386. The van der Waals surface area contributed by atoms with E-state index in [9.17, 15) is 18.3 Å². The SMILES string of the molecule is CC1(n2cccn2)OC2(CCC(O)CC2)OC1OCC(F)(F)F. The summed E-state index contributed by atoms with van der Waals surface area (Å²) in [6, 6.07) is 1.64. The maximum atomic E-state index is 12.5. The molecule has 2 unspecified atom stereocenters. The van der Waals surface area contributed by atoms with Crippen LogP contribution < -0.4 is 0 Å². The number of hydrogen-bond acceptors (Lipinski definition) is 5. The highest BCUT2D eigenvalue weighted by molar-refractivity contribution is 4.94. The number of hydrogen-bond donors (Lipinski definition) is 1. The van der Waals surface area contributed by atoms with Crippen LogP contribution in [-0.2, 0) is 19.9 Å². The van der Waals surface area contributed by atoms with Gasteiger partial charge >= 0.3 is 6.18 Å². The summed E-state index contributed by atoms with van der Waals surface area (Å²) in [6.45, 7) is 0.150. The molecule has 6 nitrogen and oxygen atoms in total. The molecule has 1 aromatic rings. The summed E-state index contributed by atoms with van der Waals surface area (Å²) in [4.78, 5) is 0. The van der Waals surface area contributed by atoms with Crippen LogP contribution in [0.5, 0.6) is 0 Å². The summed E-state index contributed by atoms with van der Waals surface area (Å²) in [5.41, 5.74) is -1.31. The minimum Gasteiger partial charge on any atom is -0.393 e. The Labute approximate surface area is 131 Å². The third-order valence-corrected chi connectivity index (χ3v) is 4.23. The number of nitrogens with zero attached hydrogens (tertiary/aromatic N) is 2. The van der Waals surface area contributed by atoms with Crippen molar-refractivity contribution in [1.82, 2.24) is 9.78 Å². The third-order valence-electron chi connectivity index (χ3n) is 4.23. The van der Waals surface area contributed by atoms with Crippen LogP contribution in [0, 0.1) is 0 Å². The van der Waals surface area contributed by atoms with Gasteiger partial charge in [0.2, 0.25) is 12.0 Å². The van der Waals surface area contributed by atoms with E-state index in [4.69, 9.17) is 14.2 Å². The zero-order valence-electron chi connectivity index (χ0n) is 12.6. The van der Waals surface area contributed by atoms with Crippen LogP contribution in [-0.4, -0.2) is 45.9 Å². The van der Waals surface area contributed by atoms with Crippen LogP contribution in [0.1, 0.15) is 32.6 Å². The Morgan fingerprint density at radius 3 is 2.65 bits per heavy atom. The topological polar surface area (TPSA) is 65.7 Å². The molecule has 1 N–H and O–H groups in total. The van der Waals surface area contributed by atoms with Crippen LogP contribution in [0.25, 0.3) is 0 Å². The van der Waals surface area contributed by atoms with Gasteiger partial charge in [0.1, 0.15) is 6.61 Å². The average Bonchev–Trinajstić information content (AvgIpc) is 3.08. The first-order valence-electron chi connectivity index (χ1n) is 7.47. The fourth-order valence-corrected chi connectivity index (χ4v) is 3.06. The van der Waals surface area contributed by atoms with Gasteiger partial charge in [-0.15, -0.1) is 0 Å². The van der Waals surface area contributed by atoms with E-state index >= 15 is 0 Å². The predicted molar refractivity (Wildman–Crippen MR) is 71.0 cm³/mol. The van der Waals surface area contributed by atoms with Gasteiger partial charge in [-0.3, -0.25) is 0 Å². The number of aliphatic hydroxyl groups excluding tert-OH is 1. The van der Waals surface area contributed by atoms with Gasteiger partial charge in [-0.05, 0) is 25.8 Å². The molecule has 130 valence electrons. The molecule has 2 aliphatic rings. The van der Waals surface area contributed by atoms with Crippen molar-refractivity contribution in [1.29, 1.82) is 0 Å². The second kappa shape index (κ2) is 5.73. The Balaban J connectivity index is 1.82. The monoisotopic (exact) mass is 336 g/mol. The Bertz CT molecular complexity index is 529. The van der Waals surface area contributed by atoms with E-state index < -0.39 is 36.7 Å². The van der Waals surface area contributed by atoms with Gasteiger partial charge in [-0.25, -0.2) is 4.68 Å². The summed E-state index contributed by atoms with van der Waals surface area (Å²) >= 11 is 0. The number of aromatic nitrogens is 2. The molecule has 1 spiro atoms. The fourth-order valence-electron chi connectivity index (χ4n) is 3.06. The number of rotatable bonds is 3. The lowest BCUT2D eigenvalue weighted by atomic mass is 9.92. The lowest BCUT2D eigenvalue weighted by Gasteiger charge is -2.35. The molecule has 1 aromatic heterocycles. The summed E-state index contributed by atoms with van der Waals surface area (Å²) in [7, 11) is 0. The van der Waals surface area contributed by atoms with E-state index in [0.717, 1.165) is 0 Å². The van der Waals surface area contributed by atoms with Gasteiger partial charge in [0.15, 0.2) is 5.79 Å². The molecule has 1 aliphatic carbocycles. The van der Waals surface area contributed by atoms with E-state index in [1.165, 1.54) is 10.9 Å². The van der Waals surface area contributed by atoms with Gasteiger partial charge in [-0.1, -0.05) is 0 Å². The number of alkyl halides is 3. The van der Waals surface area contributed by atoms with Crippen LogP contribution in [0.3, 0.4) is 0 Å². The Kier molecular flexibility index (Phi) is 4.16. The van der Waals surface area contributed by atoms with Crippen molar-refractivity contribution in [2.45, 2.75) is 62.7 Å². The second-order valence-electron chi connectivity index (χ2n) is 6.13. The Morgan fingerprint density at radius 2 is 2.09 bits per heavy atom. The van der Waals surface area contributed by atoms with Gasteiger partial charge in [0.05, 0.1) is 6.10 Å². The van der Waals surface area contributed by atoms with Crippen LogP contribution in [0.2, 0.25) is 0 Å². The molecule has 9 heteroatoms. The first-order chi connectivity index (χ1) is 10.7. The summed E-state index contributed by atoms with van der Waals surface area (Å²) in [6.07, 6.45) is -1.38. The van der Waals surface area contributed by atoms with Crippen molar-refractivity contribution in [3.63, 3.8) is 0 Å². The molecule has 2 atom stereocenters. The van der Waals surface area contributed by atoms with Crippen molar-refractivity contribution in [2.75, 3.05) is 6.61 Å². The average molecular weight is 336 g/mol. The van der Waals surface area contributed by atoms with E-state index in [1.807, 2.05) is 0 Å². The normalized spacial score (nSPS) is 38.3. The second-order valence-corrected chi connectivity index (χ2v) is 6.13. The zero-order valence-corrected chi connectivity index (χ0v) is 12.6. The smallest absolute Gasteiger partial charge is 0.393 e. The van der Waals surface area contributed by atoms with Crippen molar-refractivity contribution in [3.8, 4) is 0 Å². The predicted octanol–water partition coefficient (Wildman–Crippen LogP) is 2.14. The molecular weight excluding hydrogens is 317 g/mol. The van der Waals surface area contributed by atoms with Crippen molar-refractivity contribution in [3.05, 3.63) is 18.5 Å². The molecule has 1 saturated heterocycles. The standard InChI is InChI=1S/C14H19F3N2O4/c1-12(19-8-2-7-18-19)11(21-9-14(15,16)17)22-13(23-12)5-3-10(20)4-6-13/h2,7-8,10-11,20H,3-6,9H2,1H3. The lowest BCUT2D eigenvalue weighted by molar-refractivity contribution is -0.257. The third kappa shape index (κ3) is 3.37. The highest BCUT2D eigenvalue weighted by Crippen LogP contribution is 2.47. The number of aliphatic hydroxyl groups is 1. The van der Waals surface area contributed by atoms with Crippen LogP contribution in [0.15, 0.2) is 18.5 Å². The molecule has 3 rings (SSSR count). The maximum Gasteiger partial charge on any atom is 0.411 e. The minimum atomic E-state index is -4.47. The van der Waals surface area contributed by atoms with E-state index in [1.54, 1.807) is 19.2 Å². The Hall–Kier alpha value is -1.16. The van der Waals surface area contributed by atoms with Gasteiger partial charge in [-0.2, -0.15) is 18.3 Å².